The second kappa shape index (κ2) is 3.93. The van der Waals surface area contributed by atoms with E-state index in [1.807, 2.05) is 12.3 Å². The summed E-state index contributed by atoms with van der Waals surface area (Å²) in [6, 6.07) is 10.4. The van der Waals surface area contributed by atoms with Crippen molar-refractivity contribution in [1.29, 1.82) is 0 Å². The summed E-state index contributed by atoms with van der Waals surface area (Å²) < 4.78 is 0. The molecule has 1 aromatic heterocycles. The van der Waals surface area contributed by atoms with Crippen molar-refractivity contribution in [3.63, 3.8) is 0 Å². The van der Waals surface area contributed by atoms with Crippen molar-refractivity contribution in [2.45, 2.75) is 6.42 Å². The zero-order chi connectivity index (χ0) is 10.8. The predicted molar refractivity (Wildman–Crippen MR) is 65.8 cm³/mol. The highest BCUT2D eigenvalue weighted by molar-refractivity contribution is 5.90. The monoisotopic (exact) mass is 211 g/mol. The Balaban J connectivity index is 2.02. The van der Waals surface area contributed by atoms with Crippen LogP contribution in [-0.2, 0) is 6.42 Å². The fourth-order valence-electron chi connectivity index (χ4n) is 2.06. The summed E-state index contributed by atoms with van der Waals surface area (Å²) in [5, 5.41) is 4.49. The zero-order valence-corrected chi connectivity index (χ0v) is 8.98. The Kier molecular flexibility index (Phi) is 2.29. The van der Waals surface area contributed by atoms with Gasteiger partial charge >= 0.3 is 0 Å². The van der Waals surface area contributed by atoms with Gasteiger partial charge in [0.15, 0.2) is 0 Å². The summed E-state index contributed by atoms with van der Waals surface area (Å²) in [5.41, 5.74) is 2.33. The molecule has 0 amide bonds. The fraction of sp³-hybridized carbons (Fsp3) is 0.231. The topological polar surface area (TPSA) is 37.3 Å². The molecule has 3 rings (SSSR count). The van der Waals surface area contributed by atoms with E-state index in [4.69, 9.17) is 0 Å². The normalized spacial score (nSPS) is 14.9. The molecule has 0 saturated heterocycles. The maximum absolute atomic E-state index is 4.44. The van der Waals surface area contributed by atoms with E-state index in [0.29, 0.717) is 0 Å². The number of amidine groups is 1. The van der Waals surface area contributed by atoms with Crippen molar-refractivity contribution in [3.05, 3.63) is 42.1 Å². The zero-order valence-electron chi connectivity index (χ0n) is 8.98. The molecule has 0 spiro atoms. The SMILES string of the molecule is c1cnc2c(CC3=NCCN3)cccc2c1. The Bertz CT molecular complexity index is 540. The van der Waals surface area contributed by atoms with E-state index in [1.165, 1.54) is 10.9 Å². The second-order valence-corrected chi connectivity index (χ2v) is 3.92. The summed E-state index contributed by atoms with van der Waals surface area (Å²) in [6.45, 7) is 1.86. The van der Waals surface area contributed by atoms with Crippen LogP contribution in [0.15, 0.2) is 41.5 Å². The van der Waals surface area contributed by atoms with E-state index < -0.39 is 0 Å². The molecule has 2 aromatic rings. The van der Waals surface area contributed by atoms with Crippen LogP contribution >= 0.6 is 0 Å². The highest BCUT2D eigenvalue weighted by atomic mass is 15.1. The number of benzene rings is 1. The van der Waals surface area contributed by atoms with Gasteiger partial charge in [-0.3, -0.25) is 9.98 Å². The first-order valence-corrected chi connectivity index (χ1v) is 5.53. The standard InChI is InChI=1S/C13H13N3/c1-3-10-5-2-6-16-13(10)11(4-1)9-12-14-7-8-15-12/h1-6H,7-9H2,(H,14,15). The van der Waals surface area contributed by atoms with Gasteiger partial charge in [0.05, 0.1) is 12.1 Å². The highest BCUT2D eigenvalue weighted by Gasteiger charge is 2.08. The molecule has 0 unspecified atom stereocenters. The van der Waals surface area contributed by atoms with Crippen LogP contribution in [0.5, 0.6) is 0 Å². The molecule has 0 aliphatic carbocycles. The van der Waals surface area contributed by atoms with Gasteiger partial charge in [-0.05, 0) is 11.6 Å². The molecule has 16 heavy (non-hydrogen) atoms. The Morgan fingerprint density at radius 2 is 2.12 bits per heavy atom. The van der Waals surface area contributed by atoms with Crippen LogP contribution in [-0.4, -0.2) is 23.9 Å². The Hall–Kier alpha value is -1.90. The average molecular weight is 211 g/mol. The van der Waals surface area contributed by atoms with Gasteiger partial charge in [0.2, 0.25) is 0 Å². The maximum atomic E-state index is 4.44. The molecule has 0 bridgehead atoms. The number of aromatic nitrogens is 1. The van der Waals surface area contributed by atoms with Gasteiger partial charge < -0.3 is 5.32 Å². The number of pyridine rings is 1. The summed E-state index contributed by atoms with van der Waals surface area (Å²) >= 11 is 0. The molecule has 80 valence electrons. The number of aliphatic imine (C=N–C) groups is 1. The first-order valence-electron chi connectivity index (χ1n) is 5.53. The van der Waals surface area contributed by atoms with Crippen LogP contribution in [0.2, 0.25) is 0 Å². The predicted octanol–water partition coefficient (Wildman–Crippen LogP) is 1.78. The lowest BCUT2D eigenvalue weighted by Gasteiger charge is -2.05. The fourth-order valence-corrected chi connectivity index (χ4v) is 2.06. The lowest BCUT2D eigenvalue weighted by molar-refractivity contribution is 0.953. The molecule has 0 radical (unpaired) electrons. The minimum atomic E-state index is 0.856. The van der Waals surface area contributed by atoms with Gasteiger partial charge in [-0.1, -0.05) is 24.3 Å². The summed E-state index contributed by atoms with van der Waals surface area (Å²) in [5.74, 6) is 1.08. The molecule has 1 N–H and O–H groups in total. The quantitative estimate of drug-likeness (QED) is 0.822. The molecular weight excluding hydrogens is 198 g/mol. The smallest absolute Gasteiger partial charge is 0.101 e. The van der Waals surface area contributed by atoms with E-state index >= 15 is 0 Å². The van der Waals surface area contributed by atoms with Crippen molar-refractivity contribution in [2.75, 3.05) is 13.1 Å². The molecule has 1 aliphatic rings. The number of hydrogen-bond donors (Lipinski definition) is 1. The second-order valence-electron chi connectivity index (χ2n) is 3.92. The molecule has 1 aromatic carbocycles. The molecule has 1 aliphatic heterocycles. The largest absolute Gasteiger partial charge is 0.372 e. The van der Waals surface area contributed by atoms with Gasteiger partial charge in [0.25, 0.3) is 0 Å². The first kappa shape index (κ1) is 9.33. The van der Waals surface area contributed by atoms with E-state index in [1.54, 1.807) is 0 Å². The molecule has 0 fully saturated rings. The van der Waals surface area contributed by atoms with Crippen LogP contribution in [0.4, 0.5) is 0 Å². The van der Waals surface area contributed by atoms with E-state index in [9.17, 15) is 0 Å². The van der Waals surface area contributed by atoms with Crippen molar-refractivity contribution in [2.24, 2.45) is 4.99 Å². The van der Waals surface area contributed by atoms with Gasteiger partial charge in [0, 0.05) is 24.5 Å². The lowest BCUT2D eigenvalue weighted by Crippen LogP contribution is -2.20. The number of hydrogen-bond acceptors (Lipinski definition) is 3. The van der Waals surface area contributed by atoms with Crippen LogP contribution in [0.1, 0.15) is 5.56 Å². The third-order valence-electron chi connectivity index (χ3n) is 2.82. The molecule has 0 saturated carbocycles. The Labute approximate surface area is 94.2 Å². The van der Waals surface area contributed by atoms with Crippen molar-refractivity contribution in [3.8, 4) is 0 Å². The van der Waals surface area contributed by atoms with E-state index in [0.717, 1.165) is 30.9 Å². The summed E-state index contributed by atoms with van der Waals surface area (Å²) in [7, 11) is 0. The van der Waals surface area contributed by atoms with Gasteiger partial charge in [-0.25, -0.2) is 0 Å². The van der Waals surface area contributed by atoms with Crippen molar-refractivity contribution >= 4 is 16.7 Å². The third-order valence-corrected chi connectivity index (χ3v) is 2.82. The highest BCUT2D eigenvalue weighted by Crippen LogP contribution is 2.16. The summed E-state index contributed by atoms with van der Waals surface area (Å²) in [6.07, 6.45) is 2.70. The molecule has 2 heterocycles. The minimum absolute atomic E-state index is 0.856. The Morgan fingerprint density at radius 3 is 3.00 bits per heavy atom. The number of fused-ring (bicyclic) bond motifs is 1. The van der Waals surface area contributed by atoms with Crippen LogP contribution in [0, 0.1) is 0 Å². The van der Waals surface area contributed by atoms with Crippen LogP contribution < -0.4 is 5.32 Å². The third kappa shape index (κ3) is 1.65. The van der Waals surface area contributed by atoms with Crippen molar-refractivity contribution < 1.29 is 0 Å². The minimum Gasteiger partial charge on any atom is -0.372 e. The number of nitrogens with zero attached hydrogens (tertiary/aromatic N) is 2. The van der Waals surface area contributed by atoms with E-state index in [2.05, 4.69) is 39.6 Å². The van der Waals surface area contributed by atoms with Crippen LogP contribution in [0.3, 0.4) is 0 Å². The number of para-hydroxylation sites is 1. The summed E-state index contributed by atoms with van der Waals surface area (Å²) in [4.78, 5) is 8.86. The van der Waals surface area contributed by atoms with Crippen molar-refractivity contribution in [1.82, 2.24) is 10.3 Å². The maximum Gasteiger partial charge on any atom is 0.101 e. The molecular formula is C13H13N3. The van der Waals surface area contributed by atoms with Crippen LogP contribution in [0.25, 0.3) is 10.9 Å². The number of rotatable bonds is 2. The molecule has 3 nitrogen and oxygen atoms in total. The number of nitrogens with one attached hydrogen (secondary N) is 1. The first-order chi connectivity index (χ1) is 7.93. The Morgan fingerprint density at radius 1 is 1.19 bits per heavy atom. The lowest BCUT2D eigenvalue weighted by atomic mass is 10.1. The molecule has 0 atom stereocenters. The molecule has 3 heteroatoms. The van der Waals surface area contributed by atoms with Gasteiger partial charge in [-0.2, -0.15) is 0 Å². The van der Waals surface area contributed by atoms with Gasteiger partial charge in [-0.15, -0.1) is 0 Å². The van der Waals surface area contributed by atoms with Gasteiger partial charge in [0.1, 0.15) is 5.84 Å². The average Bonchev–Trinajstić information content (AvgIpc) is 2.82. The van der Waals surface area contributed by atoms with E-state index in [-0.39, 0.29) is 0 Å².